The largest absolute Gasteiger partial charge is 0.377 e. The fraction of sp³-hybridized carbons (Fsp3) is 1.00. The van der Waals surface area contributed by atoms with E-state index >= 15 is 0 Å². The molecule has 1 aliphatic carbocycles. The highest BCUT2D eigenvalue weighted by Crippen LogP contribution is 2.20. The average Bonchev–Trinajstić information content (AvgIpc) is 1.79. The van der Waals surface area contributed by atoms with Crippen LogP contribution >= 0.6 is 0 Å². The quantitative estimate of drug-likeness (QED) is 0.569. The molecule has 1 rings (SSSR count). The molecule has 0 unspecified atom stereocenters. The van der Waals surface area contributed by atoms with Crippen molar-refractivity contribution in [2.45, 2.75) is 31.9 Å². The lowest BCUT2D eigenvalue weighted by Crippen LogP contribution is -2.45. The van der Waals surface area contributed by atoms with E-state index in [4.69, 9.17) is 10.5 Å². The van der Waals surface area contributed by atoms with Gasteiger partial charge in [-0.15, -0.1) is 0 Å². The molecule has 0 aromatic heterocycles. The predicted octanol–water partition coefficient (Wildman–Crippen LogP) is 0.513. The van der Waals surface area contributed by atoms with Gasteiger partial charge in [-0.1, -0.05) is 0 Å². The third-order valence-corrected chi connectivity index (χ3v) is 1.64. The van der Waals surface area contributed by atoms with Crippen LogP contribution in [-0.4, -0.2) is 18.8 Å². The van der Waals surface area contributed by atoms with Crippen molar-refractivity contribution in [3.8, 4) is 0 Å². The monoisotopic (exact) mass is 115 g/mol. The van der Waals surface area contributed by atoms with Crippen LogP contribution in [0, 0.1) is 0 Å². The zero-order valence-electron chi connectivity index (χ0n) is 5.26. The van der Waals surface area contributed by atoms with E-state index < -0.39 is 0 Å². The van der Waals surface area contributed by atoms with E-state index in [2.05, 4.69) is 0 Å². The summed E-state index contributed by atoms with van der Waals surface area (Å²) in [7, 11) is 0. The lowest BCUT2D eigenvalue weighted by atomic mass is 9.90. The van der Waals surface area contributed by atoms with Crippen LogP contribution in [-0.2, 0) is 4.74 Å². The molecule has 0 aliphatic heterocycles. The van der Waals surface area contributed by atoms with Crippen LogP contribution in [0.2, 0.25) is 0 Å². The molecule has 2 atom stereocenters. The van der Waals surface area contributed by atoms with Crippen LogP contribution < -0.4 is 5.73 Å². The van der Waals surface area contributed by atoms with E-state index in [9.17, 15) is 0 Å². The molecule has 2 nitrogen and oxygen atoms in total. The Hall–Kier alpha value is -0.0800. The number of ether oxygens (including phenoxy) is 1. The van der Waals surface area contributed by atoms with Crippen LogP contribution in [0.25, 0.3) is 0 Å². The fourth-order valence-corrected chi connectivity index (χ4v) is 0.916. The zero-order valence-corrected chi connectivity index (χ0v) is 5.26. The molecule has 2 heteroatoms. The van der Waals surface area contributed by atoms with Gasteiger partial charge in [-0.05, 0) is 19.8 Å². The molecule has 1 fully saturated rings. The van der Waals surface area contributed by atoms with E-state index in [1.807, 2.05) is 6.92 Å². The highest BCUT2D eigenvalue weighted by molar-refractivity contribution is 4.84. The second kappa shape index (κ2) is 2.46. The first kappa shape index (κ1) is 6.05. The third kappa shape index (κ3) is 1.01. The normalized spacial score (nSPS) is 36.8. The van der Waals surface area contributed by atoms with Crippen molar-refractivity contribution in [3.63, 3.8) is 0 Å². The lowest BCUT2D eigenvalue weighted by molar-refractivity contribution is -0.00726. The standard InChI is InChI=1S/C6H13NO/c1-2-8-6-4-3-5(6)7/h5-6H,2-4,7H2,1H3/t5-,6+/m0/s1. The summed E-state index contributed by atoms with van der Waals surface area (Å²) in [6.45, 7) is 2.81. The zero-order chi connectivity index (χ0) is 5.98. The Morgan fingerprint density at radius 3 is 2.50 bits per heavy atom. The van der Waals surface area contributed by atoms with Gasteiger partial charge >= 0.3 is 0 Å². The van der Waals surface area contributed by atoms with Gasteiger partial charge in [-0.25, -0.2) is 0 Å². The summed E-state index contributed by atoms with van der Waals surface area (Å²) in [6.07, 6.45) is 2.68. The van der Waals surface area contributed by atoms with Gasteiger partial charge in [0.05, 0.1) is 6.10 Å². The van der Waals surface area contributed by atoms with Gasteiger partial charge in [0.1, 0.15) is 0 Å². The smallest absolute Gasteiger partial charge is 0.0726 e. The van der Waals surface area contributed by atoms with Crippen molar-refractivity contribution in [3.05, 3.63) is 0 Å². The molecule has 1 saturated carbocycles. The Kier molecular flexibility index (Phi) is 1.86. The van der Waals surface area contributed by atoms with Crippen LogP contribution in [0.4, 0.5) is 0 Å². The molecule has 0 heterocycles. The maximum absolute atomic E-state index is 5.58. The fourth-order valence-electron chi connectivity index (χ4n) is 0.916. The minimum atomic E-state index is 0.329. The molecule has 0 radical (unpaired) electrons. The molecule has 1 aliphatic rings. The summed E-state index contributed by atoms with van der Waals surface area (Å²) < 4.78 is 5.27. The van der Waals surface area contributed by atoms with E-state index in [1.54, 1.807) is 0 Å². The van der Waals surface area contributed by atoms with Gasteiger partial charge in [0.25, 0.3) is 0 Å². The molecule has 0 saturated heterocycles. The van der Waals surface area contributed by atoms with Crippen molar-refractivity contribution in [2.75, 3.05) is 6.61 Å². The molecule has 2 N–H and O–H groups in total. The predicted molar refractivity (Wildman–Crippen MR) is 32.6 cm³/mol. The van der Waals surface area contributed by atoms with Crippen LogP contribution in [0.1, 0.15) is 19.8 Å². The second-order valence-corrected chi connectivity index (χ2v) is 2.23. The Morgan fingerprint density at radius 1 is 1.62 bits per heavy atom. The summed E-state index contributed by atoms with van der Waals surface area (Å²) in [6, 6.07) is 0.329. The van der Waals surface area contributed by atoms with Gasteiger partial charge in [-0.3, -0.25) is 0 Å². The molecular weight excluding hydrogens is 102 g/mol. The van der Waals surface area contributed by atoms with Crippen molar-refractivity contribution in [1.29, 1.82) is 0 Å². The van der Waals surface area contributed by atoms with Gasteiger partial charge in [0.15, 0.2) is 0 Å². The first-order valence-corrected chi connectivity index (χ1v) is 3.21. The Bertz CT molecular complexity index is 74.9. The summed E-state index contributed by atoms with van der Waals surface area (Å²) >= 11 is 0. The lowest BCUT2D eigenvalue weighted by Gasteiger charge is -2.32. The van der Waals surface area contributed by atoms with Gasteiger partial charge in [0.2, 0.25) is 0 Å². The number of rotatable bonds is 2. The Morgan fingerprint density at radius 2 is 2.38 bits per heavy atom. The van der Waals surface area contributed by atoms with E-state index in [1.165, 1.54) is 0 Å². The molecule has 0 aromatic carbocycles. The molecule has 0 bridgehead atoms. The first-order valence-electron chi connectivity index (χ1n) is 3.21. The van der Waals surface area contributed by atoms with Crippen molar-refractivity contribution >= 4 is 0 Å². The number of nitrogens with two attached hydrogens (primary N) is 1. The van der Waals surface area contributed by atoms with Crippen molar-refractivity contribution in [1.82, 2.24) is 0 Å². The molecule has 0 aromatic rings. The Balaban J connectivity index is 2.08. The van der Waals surface area contributed by atoms with Crippen LogP contribution in [0.5, 0.6) is 0 Å². The second-order valence-electron chi connectivity index (χ2n) is 2.23. The minimum Gasteiger partial charge on any atom is -0.377 e. The molecule has 0 amide bonds. The van der Waals surface area contributed by atoms with Gasteiger partial charge in [-0.2, -0.15) is 0 Å². The highest BCUT2D eigenvalue weighted by atomic mass is 16.5. The molecule has 0 spiro atoms. The van der Waals surface area contributed by atoms with Crippen molar-refractivity contribution < 1.29 is 4.74 Å². The van der Waals surface area contributed by atoms with E-state index in [0.717, 1.165) is 19.4 Å². The summed E-state index contributed by atoms with van der Waals surface area (Å²) in [4.78, 5) is 0. The van der Waals surface area contributed by atoms with E-state index in [-0.39, 0.29) is 0 Å². The van der Waals surface area contributed by atoms with Crippen LogP contribution in [0.15, 0.2) is 0 Å². The third-order valence-electron chi connectivity index (χ3n) is 1.64. The topological polar surface area (TPSA) is 35.2 Å². The maximum atomic E-state index is 5.58. The molecular formula is C6H13NO. The van der Waals surface area contributed by atoms with E-state index in [0.29, 0.717) is 12.1 Å². The summed E-state index contributed by atoms with van der Waals surface area (Å²) in [5.41, 5.74) is 5.58. The Labute approximate surface area is 50.0 Å². The van der Waals surface area contributed by atoms with Crippen LogP contribution in [0.3, 0.4) is 0 Å². The molecule has 8 heavy (non-hydrogen) atoms. The van der Waals surface area contributed by atoms with Gasteiger partial charge < -0.3 is 10.5 Å². The first-order chi connectivity index (χ1) is 3.84. The number of hydrogen-bond donors (Lipinski definition) is 1. The minimum absolute atomic E-state index is 0.329. The average molecular weight is 115 g/mol. The SMILES string of the molecule is CCO[C@@H]1CC[C@@H]1N. The number of hydrogen-bond acceptors (Lipinski definition) is 2. The summed E-state index contributed by atoms with van der Waals surface area (Å²) in [5, 5.41) is 0. The highest BCUT2D eigenvalue weighted by Gasteiger charge is 2.27. The molecule has 48 valence electrons. The van der Waals surface area contributed by atoms with Crippen molar-refractivity contribution in [2.24, 2.45) is 5.73 Å². The maximum Gasteiger partial charge on any atom is 0.0726 e. The van der Waals surface area contributed by atoms with Gasteiger partial charge in [0, 0.05) is 12.6 Å². The summed E-state index contributed by atoms with van der Waals surface area (Å²) in [5.74, 6) is 0.